The summed E-state index contributed by atoms with van der Waals surface area (Å²) >= 11 is 1.47. The molecule has 4 nitrogen and oxygen atoms in total. The van der Waals surface area contributed by atoms with E-state index in [4.69, 9.17) is 5.11 Å². The third-order valence-corrected chi connectivity index (χ3v) is 1.01. The highest BCUT2D eigenvalue weighted by atomic mass is 127. The molecule has 2 N–H and O–H groups in total. The second-order valence-electron chi connectivity index (χ2n) is 1.59. The maximum Gasteiger partial charge on any atom is 0.416 e. The van der Waals surface area contributed by atoms with Crippen LogP contribution in [-0.2, 0) is 3.07 Å². The van der Waals surface area contributed by atoms with Gasteiger partial charge in [-0.3, -0.25) is 0 Å². The number of nitrogens with one attached hydrogen (secondary N) is 1. The lowest BCUT2D eigenvalue weighted by Gasteiger charge is -2.02. The molecule has 1 amide bonds. The molecule has 0 heterocycles. The number of hydrogen-bond acceptors (Lipinski definition) is 3. The largest absolute Gasteiger partial charge is 0.416 e. The second kappa shape index (κ2) is 4.80. The topological polar surface area (TPSA) is 58.6 Å². The van der Waals surface area contributed by atoms with Crippen molar-refractivity contribution in [3.63, 3.8) is 0 Å². The van der Waals surface area contributed by atoms with Crippen molar-refractivity contribution in [2.24, 2.45) is 0 Å². The van der Waals surface area contributed by atoms with E-state index in [1.807, 2.05) is 0 Å². The third-order valence-electron chi connectivity index (χ3n) is 0.612. The highest BCUT2D eigenvalue weighted by molar-refractivity contribution is 14.1. The minimum Gasteiger partial charge on any atom is -0.392 e. The summed E-state index contributed by atoms with van der Waals surface area (Å²) in [4.78, 5) is 10.3. The van der Waals surface area contributed by atoms with Gasteiger partial charge in [0.15, 0.2) is 23.0 Å². The van der Waals surface area contributed by atoms with Gasteiger partial charge in [-0.05, 0) is 6.92 Å². The lowest BCUT2D eigenvalue weighted by Crippen LogP contribution is -2.29. The lowest BCUT2D eigenvalue weighted by atomic mass is 10.4. The highest BCUT2D eigenvalue weighted by Crippen LogP contribution is 1.85. The zero-order valence-electron chi connectivity index (χ0n) is 4.93. The van der Waals surface area contributed by atoms with Gasteiger partial charge < -0.3 is 13.5 Å². The summed E-state index contributed by atoms with van der Waals surface area (Å²) < 4.78 is 4.21. The molecule has 9 heavy (non-hydrogen) atoms. The Morgan fingerprint density at radius 2 is 2.56 bits per heavy atom. The van der Waals surface area contributed by atoms with Crippen LogP contribution in [0.1, 0.15) is 6.92 Å². The molecule has 5 heteroatoms. The molecule has 1 unspecified atom stereocenters. The first-order valence-electron chi connectivity index (χ1n) is 2.41. The smallest absolute Gasteiger partial charge is 0.392 e. The van der Waals surface area contributed by atoms with E-state index >= 15 is 0 Å². The van der Waals surface area contributed by atoms with Gasteiger partial charge in [0.2, 0.25) is 0 Å². The quantitative estimate of drug-likeness (QED) is 0.694. The van der Waals surface area contributed by atoms with Gasteiger partial charge in [-0.25, -0.2) is 4.79 Å². The first-order valence-corrected chi connectivity index (χ1v) is 3.29. The molecule has 0 saturated carbocycles. The van der Waals surface area contributed by atoms with Gasteiger partial charge in [-0.15, -0.1) is 0 Å². The van der Waals surface area contributed by atoms with Crippen molar-refractivity contribution in [2.75, 3.05) is 6.54 Å². The van der Waals surface area contributed by atoms with Crippen LogP contribution in [0, 0.1) is 0 Å². The Bertz CT molecular complexity index is 95.8. The first kappa shape index (κ1) is 8.96. The van der Waals surface area contributed by atoms with Gasteiger partial charge in [-0.2, -0.15) is 0 Å². The van der Waals surface area contributed by atoms with Crippen molar-refractivity contribution in [1.29, 1.82) is 0 Å². The van der Waals surface area contributed by atoms with Crippen LogP contribution >= 0.6 is 23.0 Å². The standard InChI is InChI=1S/C4H8INO3/c1-3(7)2-6-4(8)9-5/h3,7H,2H2,1H3,(H,6,8). The highest BCUT2D eigenvalue weighted by Gasteiger charge is 1.99. The number of aliphatic hydroxyl groups excluding tert-OH is 1. The Hall–Kier alpha value is -0.0400. The summed E-state index contributed by atoms with van der Waals surface area (Å²) in [7, 11) is 0. The molecule has 0 aromatic rings. The molecular weight excluding hydrogens is 237 g/mol. The maximum atomic E-state index is 10.3. The number of carbonyl (C=O) groups is 1. The van der Waals surface area contributed by atoms with Crippen LogP contribution in [0.3, 0.4) is 0 Å². The molecule has 0 radical (unpaired) electrons. The number of carbonyl (C=O) groups excluding carboxylic acids is 1. The van der Waals surface area contributed by atoms with Crippen LogP contribution < -0.4 is 5.32 Å². The van der Waals surface area contributed by atoms with Gasteiger partial charge in [0, 0.05) is 6.54 Å². The summed E-state index contributed by atoms with van der Waals surface area (Å²) in [6.45, 7) is 1.80. The molecule has 0 aliphatic heterocycles. The molecular formula is C4H8INO3. The molecule has 54 valence electrons. The van der Waals surface area contributed by atoms with Crippen molar-refractivity contribution >= 4 is 29.1 Å². The Labute approximate surface area is 67.3 Å². The summed E-state index contributed by atoms with van der Waals surface area (Å²) in [5.41, 5.74) is 0. The van der Waals surface area contributed by atoms with E-state index in [0.717, 1.165) is 0 Å². The molecule has 0 aliphatic carbocycles. The van der Waals surface area contributed by atoms with Crippen LogP contribution in [-0.4, -0.2) is 23.8 Å². The SMILES string of the molecule is CC(O)CNC(=O)OI. The van der Waals surface area contributed by atoms with E-state index in [9.17, 15) is 4.79 Å². The maximum absolute atomic E-state index is 10.3. The Morgan fingerprint density at radius 3 is 2.89 bits per heavy atom. The minimum atomic E-state index is -0.531. The van der Waals surface area contributed by atoms with Crippen LogP contribution in [0.2, 0.25) is 0 Å². The van der Waals surface area contributed by atoms with E-state index in [1.165, 1.54) is 23.0 Å². The zero-order valence-corrected chi connectivity index (χ0v) is 7.08. The fraction of sp³-hybridized carbons (Fsp3) is 0.750. The summed E-state index contributed by atoms with van der Waals surface area (Å²) in [5.74, 6) is 0. The predicted molar refractivity (Wildman–Crippen MR) is 40.2 cm³/mol. The molecule has 0 aromatic carbocycles. The molecule has 1 atom stereocenters. The Balaban J connectivity index is 3.17. The van der Waals surface area contributed by atoms with Crippen molar-refractivity contribution in [3.05, 3.63) is 0 Å². The van der Waals surface area contributed by atoms with Gasteiger partial charge in [0.25, 0.3) is 0 Å². The molecule has 0 saturated heterocycles. The molecule has 0 aliphatic rings. The van der Waals surface area contributed by atoms with E-state index < -0.39 is 12.2 Å². The van der Waals surface area contributed by atoms with Crippen molar-refractivity contribution in [3.8, 4) is 0 Å². The first-order chi connectivity index (χ1) is 4.16. The molecule has 0 rings (SSSR count). The Kier molecular flexibility index (Phi) is 4.78. The normalized spacial score (nSPS) is 12.3. The van der Waals surface area contributed by atoms with E-state index in [0.29, 0.717) is 0 Å². The van der Waals surface area contributed by atoms with Gasteiger partial charge in [0.1, 0.15) is 0 Å². The van der Waals surface area contributed by atoms with Crippen LogP contribution in [0.5, 0.6) is 0 Å². The monoisotopic (exact) mass is 245 g/mol. The zero-order chi connectivity index (χ0) is 7.28. The molecule has 0 spiro atoms. The van der Waals surface area contributed by atoms with Gasteiger partial charge in [0.05, 0.1) is 6.10 Å². The number of rotatable bonds is 2. The summed E-state index contributed by atoms with van der Waals surface area (Å²) in [6.07, 6.45) is -1.06. The molecule has 0 fully saturated rings. The van der Waals surface area contributed by atoms with E-state index in [-0.39, 0.29) is 6.54 Å². The third kappa shape index (κ3) is 5.84. The predicted octanol–water partition coefficient (Wildman–Crippen LogP) is 0.443. The fourth-order valence-corrected chi connectivity index (χ4v) is 0.414. The fourth-order valence-electron chi connectivity index (χ4n) is 0.258. The summed E-state index contributed by atoms with van der Waals surface area (Å²) in [6, 6.07) is 0. The Morgan fingerprint density at radius 1 is 2.00 bits per heavy atom. The minimum absolute atomic E-state index is 0.224. The van der Waals surface area contributed by atoms with Crippen LogP contribution in [0.15, 0.2) is 0 Å². The average molecular weight is 245 g/mol. The van der Waals surface area contributed by atoms with Crippen molar-refractivity contribution in [1.82, 2.24) is 5.32 Å². The van der Waals surface area contributed by atoms with E-state index in [2.05, 4.69) is 8.38 Å². The lowest BCUT2D eigenvalue weighted by molar-refractivity contribution is 0.178. The molecule has 0 bridgehead atoms. The van der Waals surface area contributed by atoms with Gasteiger partial charge >= 0.3 is 6.09 Å². The second-order valence-corrected chi connectivity index (χ2v) is 2.03. The van der Waals surface area contributed by atoms with Crippen molar-refractivity contribution < 1.29 is 13.0 Å². The number of halogens is 1. The summed E-state index contributed by atoms with van der Waals surface area (Å²) in [5, 5.41) is 10.9. The number of amides is 1. The van der Waals surface area contributed by atoms with Gasteiger partial charge in [-0.1, -0.05) is 0 Å². The van der Waals surface area contributed by atoms with E-state index in [1.54, 1.807) is 6.92 Å². The van der Waals surface area contributed by atoms with Crippen LogP contribution in [0.25, 0.3) is 0 Å². The average Bonchev–Trinajstić information content (AvgIpc) is 1.83. The number of aliphatic hydroxyl groups is 1. The number of hydrogen-bond donors (Lipinski definition) is 2. The van der Waals surface area contributed by atoms with Crippen molar-refractivity contribution in [2.45, 2.75) is 13.0 Å². The van der Waals surface area contributed by atoms with Crippen LogP contribution in [0.4, 0.5) is 4.79 Å². The molecule has 0 aromatic heterocycles.